The average Bonchev–Trinajstić information content (AvgIpc) is 2.79. The van der Waals surface area contributed by atoms with Crippen molar-refractivity contribution in [1.82, 2.24) is 15.5 Å². The zero-order valence-electron chi connectivity index (χ0n) is 22.1. The molecule has 2 N–H and O–H groups in total. The van der Waals surface area contributed by atoms with Crippen molar-refractivity contribution < 1.29 is 28.7 Å². The largest absolute Gasteiger partial charge is 0.468 e. The van der Waals surface area contributed by atoms with Gasteiger partial charge in [0.1, 0.15) is 24.2 Å². The van der Waals surface area contributed by atoms with Crippen molar-refractivity contribution in [2.75, 3.05) is 20.2 Å². The van der Waals surface area contributed by atoms with Crippen molar-refractivity contribution in [2.24, 2.45) is 5.92 Å². The fraction of sp³-hybridized carbons (Fsp3) is 0.481. The van der Waals surface area contributed by atoms with E-state index in [-0.39, 0.29) is 19.0 Å². The molecule has 36 heavy (non-hydrogen) atoms. The van der Waals surface area contributed by atoms with E-state index in [1.54, 1.807) is 45.0 Å². The second-order valence-electron chi connectivity index (χ2n) is 9.68. The molecule has 0 radical (unpaired) electrons. The summed E-state index contributed by atoms with van der Waals surface area (Å²) in [6.07, 6.45) is 2.70. The number of amides is 3. The maximum absolute atomic E-state index is 13.9. The predicted octanol–water partition coefficient (Wildman–Crippen LogP) is 3.61. The number of methoxy groups -OCH3 is 1. The number of alkyl carbamates (subject to hydrolysis) is 1. The predicted molar refractivity (Wildman–Crippen MR) is 139 cm³/mol. The molecule has 9 heteroatoms. The first kappa shape index (κ1) is 30.4. The van der Waals surface area contributed by atoms with E-state index < -0.39 is 41.6 Å². The van der Waals surface area contributed by atoms with Gasteiger partial charge in [-0.05, 0) is 50.3 Å². The van der Waals surface area contributed by atoms with E-state index in [0.29, 0.717) is 12.0 Å². The van der Waals surface area contributed by atoms with Crippen LogP contribution in [0.25, 0.3) is 6.08 Å². The van der Waals surface area contributed by atoms with Gasteiger partial charge in [-0.1, -0.05) is 50.8 Å². The molecule has 2 unspecified atom stereocenters. The van der Waals surface area contributed by atoms with Gasteiger partial charge in [0.15, 0.2) is 0 Å². The van der Waals surface area contributed by atoms with Crippen LogP contribution in [0.2, 0.25) is 0 Å². The molecule has 0 spiro atoms. The second kappa shape index (κ2) is 14.1. The first-order valence-electron chi connectivity index (χ1n) is 11.8. The SMILES string of the molecule is C=CCN(C(=O)C(CC(C)C)NC(=O)OC(C)(C)C)C(C(=O)NCC(=O)OC)c1cccc(C=C)c1. The molecule has 0 aromatic heterocycles. The lowest BCUT2D eigenvalue weighted by molar-refractivity contribution is -0.144. The number of rotatable bonds is 12. The van der Waals surface area contributed by atoms with Crippen LogP contribution in [0.5, 0.6) is 0 Å². The van der Waals surface area contributed by atoms with Gasteiger partial charge in [0.05, 0.1) is 7.11 Å². The Kier molecular flexibility index (Phi) is 11.9. The minimum Gasteiger partial charge on any atom is -0.468 e. The van der Waals surface area contributed by atoms with Crippen molar-refractivity contribution in [3.05, 3.63) is 54.6 Å². The van der Waals surface area contributed by atoms with E-state index in [2.05, 4.69) is 28.5 Å². The molecule has 0 aliphatic heterocycles. The van der Waals surface area contributed by atoms with Crippen LogP contribution >= 0.6 is 0 Å². The van der Waals surface area contributed by atoms with Gasteiger partial charge < -0.3 is 25.0 Å². The molecular weight excluding hydrogens is 462 g/mol. The number of esters is 1. The van der Waals surface area contributed by atoms with Gasteiger partial charge in [-0.25, -0.2) is 4.79 Å². The summed E-state index contributed by atoms with van der Waals surface area (Å²) in [5.41, 5.74) is 0.498. The molecule has 1 aromatic rings. The van der Waals surface area contributed by atoms with Gasteiger partial charge in [0.25, 0.3) is 0 Å². The van der Waals surface area contributed by atoms with Crippen molar-refractivity contribution in [2.45, 2.75) is 58.7 Å². The molecule has 3 amide bonds. The van der Waals surface area contributed by atoms with Crippen LogP contribution in [0, 0.1) is 5.92 Å². The number of nitrogens with zero attached hydrogens (tertiary/aromatic N) is 1. The van der Waals surface area contributed by atoms with Gasteiger partial charge in [-0.15, -0.1) is 6.58 Å². The molecular formula is C27H39N3O6. The molecule has 0 bridgehead atoms. The molecule has 198 valence electrons. The molecule has 1 rings (SSSR count). The summed E-state index contributed by atoms with van der Waals surface area (Å²) >= 11 is 0. The molecule has 1 aromatic carbocycles. The molecule has 0 aliphatic carbocycles. The summed E-state index contributed by atoms with van der Waals surface area (Å²) in [5, 5.41) is 5.20. The maximum Gasteiger partial charge on any atom is 0.408 e. The normalized spacial score (nSPS) is 12.6. The van der Waals surface area contributed by atoms with E-state index in [0.717, 1.165) is 5.56 Å². The zero-order valence-corrected chi connectivity index (χ0v) is 22.1. The Balaban J connectivity index is 3.47. The van der Waals surface area contributed by atoms with Crippen molar-refractivity contribution in [1.29, 1.82) is 0 Å². The van der Waals surface area contributed by atoms with Gasteiger partial charge in [0, 0.05) is 6.54 Å². The molecule has 0 heterocycles. The highest BCUT2D eigenvalue weighted by Gasteiger charge is 2.36. The van der Waals surface area contributed by atoms with Gasteiger partial charge in [-0.2, -0.15) is 0 Å². The summed E-state index contributed by atoms with van der Waals surface area (Å²) in [5.74, 6) is -1.66. The fourth-order valence-corrected chi connectivity index (χ4v) is 3.46. The molecule has 2 atom stereocenters. The first-order valence-corrected chi connectivity index (χ1v) is 11.8. The Labute approximate surface area is 213 Å². The van der Waals surface area contributed by atoms with Crippen LogP contribution < -0.4 is 10.6 Å². The van der Waals surface area contributed by atoms with Crippen LogP contribution in [-0.2, 0) is 23.9 Å². The number of carbonyl (C=O) groups is 4. The summed E-state index contributed by atoms with van der Waals surface area (Å²) in [7, 11) is 1.21. The highest BCUT2D eigenvalue weighted by molar-refractivity contribution is 5.93. The molecule has 0 saturated carbocycles. The minimum atomic E-state index is -1.12. The number of nitrogens with one attached hydrogen (secondary N) is 2. The van der Waals surface area contributed by atoms with Crippen LogP contribution in [0.15, 0.2) is 43.5 Å². The number of benzene rings is 1. The third-order valence-electron chi connectivity index (χ3n) is 4.96. The first-order chi connectivity index (χ1) is 16.8. The van der Waals surface area contributed by atoms with E-state index in [4.69, 9.17) is 4.74 Å². The number of carbonyl (C=O) groups excluding carboxylic acids is 4. The Hall–Kier alpha value is -3.62. The quantitative estimate of drug-likeness (QED) is 0.334. The number of ether oxygens (including phenoxy) is 2. The maximum atomic E-state index is 13.9. The van der Waals surface area contributed by atoms with Crippen LogP contribution in [-0.4, -0.2) is 60.6 Å². The standard InChI is InChI=1S/C27H39N3O6/c1-9-14-30(25(33)21(15-18(3)4)29-26(34)36-27(5,6)7)23(24(32)28-17-22(31)35-8)20-13-11-12-19(10-2)16-20/h9-13,16,18,21,23H,1-2,14-15,17H2,3-8H3,(H,28,32)(H,29,34). The summed E-state index contributed by atoms with van der Waals surface area (Å²) in [4.78, 5) is 52.7. The topological polar surface area (TPSA) is 114 Å². The van der Waals surface area contributed by atoms with Gasteiger partial charge in [-0.3, -0.25) is 14.4 Å². The lowest BCUT2D eigenvalue weighted by Gasteiger charge is -2.34. The van der Waals surface area contributed by atoms with E-state index in [1.165, 1.54) is 18.1 Å². The average molecular weight is 502 g/mol. The summed E-state index contributed by atoms with van der Waals surface area (Å²) in [6.45, 7) is 16.2. The summed E-state index contributed by atoms with van der Waals surface area (Å²) < 4.78 is 9.98. The van der Waals surface area contributed by atoms with Crippen LogP contribution in [0.4, 0.5) is 4.79 Å². The zero-order chi connectivity index (χ0) is 27.5. The third-order valence-corrected chi connectivity index (χ3v) is 4.96. The Morgan fingerprint density at radius 1 is 1.14 bits per heavy atom. The molecule has 0 saturated heterocycles. The third kappa shape index (κ3) is 9.93. The lowest BCUT2D eigenvalue weighted by Crippen LogP contribution is -2.53. The highest BCUT2D eigenvalue weighted by Crippen LogP contribution is 2.25. The Morgan fingerprint density at radius 3 is 2.33 bits per heavy atom. The van der Waals surface area contributed by atoms with Crippen LogP contribution in [0.3, 0.4) is 0 Å². The minimum absolute atomic E-state index is 0.0120. The van der Waals surface area contributed by atoms with E-state index in [1.807, 2.05) is 19.9 Å². The smallest absolute Gasteiger partial charge is 0.408 e. The lowest BCUT2D eigenvalue weighted by atomic mass is 9.98. The van der Waals surface area contributed by atoms with Crippen molar-refractivity contribution in [3.8, 4) is 0 Å². The van der Waals surface area contributed by atoms with E-state index in [9.17, 15) is 19.2 Å². The molecule has 9 nitrogen and oxygen atoms in total. The summed E-state index contributed by atoms with van der Waals surface area (Å²) in [6, 6.07) is 4.92. The van der Waals surface area contributed by atoms with Gasteiger partial charge >= 0.3 is 12.1 Å². The fourth-order valence-electron chi connectivity index (χ4n) is 3.46. The van der Waals surface area contributed by atoms with Crippen molar-refractivity contribution >= 4 is 30.0 Å². The number of hydrogen-bond acceptors (Lipinski definition) is 6. The molecule has 0 fully saturated rings. The Bertz CT molecular complexity index is 951. The number of hydrogen-bond donors (Lipinski definition) is 2. The Morgan fingerprint density at radius 2 is 1.81 bits per heavy atom. The van der Waals surface area contributed by atoms with Gasteiger partial charge in [0.2, 0.25) is 11.8 Å². The second-order valence-corrected chi connectivity index (χ2v) is 9.68. The van der Waals surface area contributed by atoms with Crippen molar-refractivity contribution in [3.63, 3.8) is 0 Å². The van der Waals surface area contributed by atoms with E-state index >= 15 is 0 Å². The molecule has 0 aliphatic rings. The highest BCUT2D eigenvalue weighted by atomic mass is 16.6. The van der Waals surface area contributed by atoms with Crippen LogP contribution in [0.1, 0.15) is 58.2 Å². The monoisotopic (exact) mass is 501 g/mol.